The average Bonchev–Trinajstić information content (AvgIpc) is 3.21. The SMILES string of the molecule is CC1CC2C(CN1)CC(C1CC(NC(=O)C3NCCN3CCF)CCC1C)C(=O)N2C. The number of likely N-dealkylation sites (tertiary alicyclic amines) is 1. The van der Waals surface area contributed by atoms with E-state index in [1.165, 1.54) is 0 Å². The predicted octanol–water partition coefficient (Wildman–Crippen LogP) is 0.953. The molecule has 0 radical (unpaired) electrons. The van der Waals surface area contributed by atoms with Crippen molar-refractivity contribution >= 4 is 11.8 Å². The number of rotatable bonds is 5. The molecule has 7 nitrogen and oxygen atoms in total. The van der Waals surface area contributed by atoms with Gasteiger partial charge in [0.1, 0.15) is 12.8 Å². The van der Waals surface area contributed by atoms with Crippen molar-refractivity contribution in [3.8, 4) is 0 Å². The standard InChI is InChI=1S/C23H40FN5O2/c1-14-4-5-17(27-22(30)21-25-7-9-29(21)8-6-24)12-18(14)19-11-16-13-26-15(2)10-20(16)28(3)23(19)31/h14-21,25-26H,4-13H2,1-3H3,(H,27,30). The Labute approximate surface area is 185 Å². The fourth-order valence-corrected chi connectivity index (χ4v) is 6.59. The zero-order valence-electron chi connectivity index (χ0n) is 19.3. The van der Waals surface area contributed by atoms with Crippen LogP contribution in [0.3, 0.4) is 0 Å². The highest BCUT2D eigenvalue weighted by Gasteiger charge is 2.47. The fourth-order valence-electron chi connectivity index (χ4n) is 6.59. The van der Waals surface area contributed by atoms with E-state index >= 15 is 0 Å². The normalized spacial score (nSPS) is 41.8. The van der Waals surface area contributed by atoms with Crippen molar-refractivity contribution in [3.05, 3.63) is 0 Å². The second-order valence-electron chi connectivity index (χ2n) is 10.4. The van der Waals surface area contributed by atoms with Crippen LogP contribution in [0, 0.1) is 23.7 Å². The lowest BCUT2D eigenvalue weighted by Gasteiger charge is -2.50. The van der Waals surface area contributed by atoms with E-state index in [0.717, 1.165) is 38.6 Å². The van der Waals surface area contributed by atoms with Gasteiger partial charge in [0, 0.05) is 57.3 Å². The van der Waals surface area contributed by atoms with Crippen LogP contribution < -0.4 is 16.0 Å². The molecule has 3 aliphatic heterocycles. The summed E-state index contributed by atoms with van der Waals surface area (Å²) in [4.78, 5) is 30.1. The van der Waals surface area contributed by atoms with Gasteiger partial charge in [-0.3, -0.25) is 19.8 Å². The molecule has 8 atom stereocenters. The first kappa shape index (κ1) is 22.9. The summed E-state index contributed by atoms with van der Waals surface area (Å²) in [6.07, 6.45) is 4.38. The number of hydrogen-bond acceptors (Lipinski definition) is 5. The van der Waals surface area contributed by atoms with Gasteiger partial charge in [-0.15, -0.1) is 0 Å². The maximum atomic E-state index is 13.4. The lowest BCUT2D eigenvalue weighted by Crippen LogP contribution is -2.60. The van der Waals surface area contributed by atoms with E-state index in [1.54, 1.807) is 0 Å². The third-order valence-corrected chi connectivity index (χ3v) is 8.43. The number of carbonyl (C=O) groups is 2. The van der Waals surface area contributed by atoms with Crippen LogP contribution in [0.25, 0.3) is 0 Å². The molecule has 3 saturated heterocycles. The highest BCUT2D eigenvalue weighted by Crippen LogP contribution is 2.43. The molecule has 8 heteroatoms. The zero-order chi connectivity index (χ0) is 22.1. The van der Waals surface area contributed by atoms with E-state index in [-0.39, 0.29) is 24.4 Å². The van der Waals surface area contributed by atoms with Gasteiger partial charge in [-0.2, -0.15) is 0 Å². The lowest BCUT2D eigenvalue weighted by atomic mass is 9.65. The van der Waals surface area contributed by atoms with Gasteiger partial charge in [-0.05, 0) is 56.8 Å². The minimum atomic E-state index is -0.443. The van der Waals surface area contributed by atoms with Crippen molar-refractivity contribution in [2.45, 2.75) is 70.2 Å². The zero-order valence-corrected chi connectivity index (χ0v) is 19.3. The molecule has 4 rings (SSSR count). The second kappa shape index (κ2) is 9.71. The molecule has 3 heterocycles. The van der Waals surface area contributed by atoms with Crippen LogP contribution in [0.2, 0.25) is 0 Å². The van der Waals surface area contributed by atoms with Crippen molar-refractivity contribution in [2.75, 3.05) is 39.9 Å². The summed E-state index contributed by atoms with van der Waals surface area (Å²) < 4.78 is 12.8. The molecule has 1 saturated carbocycles. The third kappa shape index (κ3) is 4.76. The molecule has 4 aliphatic rings. The molecular weight excluding hydrogens is 397 g/mol. The van der Waals surface area contributed by atoms with Crippen LogP contribution in [0.5, 0.6) is 0 Å². The van der Waals surface area contributed by atoms with Crippen LogP contribution >= 0.6 is 0 Å². The molecule has 0 bridgehead atoms. The Hall–Kier alpha value is -1.25. The smallest absolute Gasteiger partial charge is 0.252 e. The summed E-state index contributed by atoms with van der Waals surface area (Å²) in [5.41, 5.74) is 0. The molecule has 0 aromatic carbocycles. The van der Waals surface area contributed by atoms with Gasteiger partial charge in [-0.25, -0.2) is 4.39 Å². The Bertz CT molecular complexity index is 664. The molecule has 0 aromatic rings. The Balaban J connectivity index is 1.39. The van der Waals surface area contributed by atoms with E-state index in [4.69, 9.17) is 0 Å². The van der Waals surface area contributed by atoms with E-state index in [2.05, 4.69) is 29.8 Å². The number of piperidine rings is 2. The quantitative estimate of drug-likeness (QED) is 0.597. The first-order valence-electron chi connectivity index (χ1n) is 12.2. The number of amides is 2. The molecule has 176 valence electrons. The second-order valence-corrected chi connectivity index (χ2v) is 10.4. The van der Waals surface area contributed by atoms with E-state index < -0.39 is 12.8 Å². The Morgan fingerprint density at radius 1 is 1.19 bits per heavy atom. The predicted molar refractivity (Wildman–Crippen MR) is 118 cm³/mol. The molecular formula is C23H40FN5O2. The maximum Gasteiger partial charge on any atom is 0.252 e. The number of nitrogens with zero attached hydrogens (tertiary/aromatic N) is 2. The van der Waals surface area contributed by atoms with Crippen LogP contribution in [0.15, 0.2) is 0 Å². The van der Waals surface area contributed by atoms with Crippen LogP contribution in [0.1, 0.15) is 46.0 Å². The maximum absolute atomic E-state index is 13.4. The first-order valence-corrected chi connectivity index (χ1v) is 12.2. The number of nitrogens with one attached hydrogen (secondary N) is 3. The molecule has 31 heavy (non-hydrogen) atoms. The lowest BCUT2D eigenvalue weighted by molar-refractivity contribution is -0.148. The van der Waals surface area contributed by atoms with Gasteiger partial charge in [0.05, 0.1) is 0 Å². The summed E-state index contributed by atoms with van der Waals surface area (Å²) in [5.74, 6) is 1.59. The van der Waals surface area contributed by atoms with Gasteiger partial charge >= 0.3 is 0 Å². The highest BCUT2D eigenvalue weighted by atomic mass is 19.1. The van der Waals surface area contributed by atoms with Gasteiger partial charge in [0.2, 0.25) is 5.91 Å². The van der Waals surface area contributed by atoms with E-state index in [9.17, 15) is 14.0 Å². The Morgan fingerprint density at radius 3 is 2.77 bits per heavy atom. The summed E-state index contributed by atoms with van der Waals surface area (Å²) >= 11 is 0. The molecule has 2 amide bonds. The number of hydrogen-bond donors (Lipinski definition) is 3. The van der Waals surface area contributed by atoms with Crippen LogP contribution in [-0.2, 0) is 9.59 Å². The van der Waals surface area contributed by atoms with Crippen molar-refractivity contribution in [3.63, 3.8) is 0 Å². The minimum Gasteiger partial charge on any atom is -0.351 e. The summed E-state index contributed by atoms with van der Waals surface area (Å²) in [7, 11) is 1.99. The van der Waals surface area contributed by atoms with Crippen LogP contribution in [0.4, 0.5) is 4.39 Å². The number of halogens is 1. The van der Waals surface area contributed by atoms with Crippen molar-refractivity contribution < 1.29 is 14.0 Å². The van der Waals surface area contributed by atoms with E-state index in [0.29, 0.717) is 48.8 Å². The monoisotopic (exact) mass is 437 g/mol. The molecule has 4 fully saturated rings. The van der Waals surface area contributed by atoms with Crippen molar-refractivity contribution in [1.82, 2.24) is 25.8 Å². The highest BCUT2D eigenvalue weighted by molar-refractivity contribution is 5.82. The molecule has 0 aromatic heterocycles. The van der Waals surface area contributed by atoms with Crippen molar-refractivity contribution in [2.24, 2.45) is 23.7 Å². The third-order valence-electron chi connectivity index (χ3n) is 8.43. The first-order chi connectivity index (χ1) is 14.9. The van der Waals surface area contributed by atoms with E-state index in [1.807, 2.05) is 16.8 Å². The number of fused-ring (bicyclic) bond motifs is 1. The Morgan fingerprint density at radius 2 is 2.00 bits per heavy atom. The fraction of sp³-hybridized carbons (Fsp3) is 0.913. The van der Waals surface area contributed by atoms with Crippen molar-refractivity contribution in [1.29, 1.82) is 0 Å². The summed E-state index contributed by atoms with van der Waals surface area (Å²) in [6, 6.07) is 0.899. The van der Waals surface area contributed by atoms with Gasteiger partial charge < -0.3 is 15.5 Å². The van der Waals surface area contributed by atoms with Gasteiger partial charge in [0.15, 0.2) is 0 Å². The summed E-state index contributed by atoms with van der Waals surface area (Å²) in [5, 5.41) is 10.0. The van der Waals surface area contributed by atoms with Gasteiger partial charge in [-0.1, -0.05) is 6.92 Å². The topological polar surface area (TPSA) is 76.7 Å². The molecule has 3 N–H and O–H groups in total. The molecule has 0 spiro atoms. The number of carbonyl (C=O) groups excluding carboxylic acids is 2. The average molecular weight is 438 g/mol. The Kier molecular flexibility index (Phi) is 7.18. The molecule has 8 unspecified atom stereocenters. The minimum absolute atomic E-state index is 0.0452. The molecule has 1 aliphatic carbocycles. The number of alkyl halides is 1. The van der Waals surface area contributed by atoms with Gasteiger partial charge in [0.25, 0.3) is 5.91 Å². The summed E-state index contributed by atoms with van der Waals surface area (Å²) in [6.45, 7) is 6.70. The van der Waals surface area contributed by atoms with Crippen LogP contribution in [-0.4, -0.2) is 85.8 Å². The largest absolute Gasteiger partial charge is 0.351 e.